The molecule has 0 aliphatic heterocycles. The van der Waals surface area contributed by atoms with Gasteiger partial charge in [-0.05, 0) is 76.0 Å². The molecule has 0 spiro atoms. The zero-order chi connectivity index (χ0) is 31.6. The maximum Gasteiger partial charge on any atom is 0.0547 e. The first-order valence-electron chi connectivity index (χ1n) is 16.5. The zero-order valence-corrected chi connectivity index (χ0v) is 26.2. The van der Waals surface area contributed by atoms with E-state index < -0.39 is 0 Å². The van der Waals surface area contributed by atoms with E-state index in [0.29, 0.717) is 0 Å². The van der Waals surface area contributed by atoms with Crippen LogP contribution in [0.1, 0.15) is 0 Å². The summed E-state index contributed by atoms with van der Waals surface area (Å²) in [6.45, 7) is 0. The number of aromatic nitrogens is 2. The van der Waals surface area contributed by atoms with Crippen molar-refractivity contribution >= 4 is 54.4 Å². The molecule has 10 rings (SSSR count). The standard InChI is InChI=1S/C46H30N2/c1-2-15-34(16-3-1)47-42-22-9-7-19-38(42)40-27-25-33(30-46(40)47)32-26-28-45-41(29-32)39-20-8-11-24-44(39)48(45)43-23-10-6-18-37(43)36-21-12-14-31-13-4-5-17-35(31)36/h1-30H. The van der Waals surface area contributed by atoms with Crippen LogP contribution in [0.2, 0.25) is 0 Å². The van der Waals surface area contributed by atoms with Gasteiger partial charge < -0.3 is 9.13 Å². The van der Waals surface area contributed by atoms with Crippen LogP contribution in [-0.4, -0.2) is 9.13 Å². The minimum Gasteiger partial charge on any atom is -0.309 e. The number of rotatable bonds is 4. The molecule has 2 aromatic heterocycles. The average molecular weight is 611 g/mol. The van der Waals surface area contributed by atoms with Gasteiger partial charge >= 0.3 is 0 Å². The Balaban J connectivity index is 1.19. The van der Waals surface area contributed by atoms with E-state index in [2.05, 4.69) is 191 Å². The number of hydrogen-bond acceptors (Lipinski definition) is 0. The molecule has 0 amide bonds. The zero-order valence-electron chi connectivity index (χ0n) is 26.2. The second-order valence-electron chi connectivity index (χ2n) is 12.5. The van der Waals surface area contributed by atoms with Gasteiger partial charge in [-0.2, -0.15) is 0 Å². The molecule has 0 N–H and O–H groups in total. The molecule has 224 valence electrons. The smallest absolute Gasteiger partial charge is 0.0547 e. The first-order chi connectivity index (χ1) is 23.8. The fourth-order valence-electron chi connectivity index (χ4n) is 7.77. The van der Waals surface area contributed by atoms with Crippen LogP contribution in [0.4, 0.5) is 0 Å². The lowest BCUT2D eigenvalue weighted by Crippen LogP contribution is -1.97. The highest BCUT2D eigenvalue weighted by Gasteiger charge is 2.18. The van der Waals surface area contributed by atoms with Crippen molar-refractivity contribution in [3.05, 3.63) is 182 Å². The van der Waals surface area contributed by atoms with Crippen molar-refractivity contribution in [3.63, 3.8) is 0 Å². The van der Waals surface area contributed by atoms with Gasteiger partial charge in [0.1, 0.15) is 0 Å². The lowest BCUT2D eigenvalue weighted by molar-refractivity contribution is 1.18. The summed E-state index contributed by atoms with van der Waals surface area (Å²) in [6, 6.07) is 66.2. The number of hydrogen-bond donors (Lipinski definition) is 0. The fraction of sp³-hybridized carbons (Fsp3) is 0. The average Bonchev–Trinajstić information content (AvgIpc) is 3.67. The first kappa shape index (κ1) is 26.8. The van der Waals surface area contributed by atoms with E-state index in [1.165, 1.54) is 88.0 Å². The second-order valence-corrected chi connectivity index (χ2v) is 12.5. The number of nitrogens with zero attached hydrogens (tertiary/aromatic N) is 2. The van der Waals surface area contributed by atoms with Crippen molar-refractivity contribution in [2.45, 2.75) is 0 Å². The van der Waals surface area contributed by atoms with Gasteiger partial charge in [0.15, 0.2) is 0 Å². The van der Waals surface area contributed by atoms with E-state index in [0.717, 1.165) is 0 Å². The van der Waals surface area contributed by atoms with Crippen LogP contribution in [0.5, 0.6) is 0 Å². The van der Waals surface area contributed by atoms with Gasteiger partial charge in [-0.25, -0.2) is 0 Å². The maximum absolute atomic E-state index is 2.45. The molecule has 2 nitrogen and oxygen atoms in total. The van der Waals surface area contributed by atoms with Gasteiger partial charge in [0.05, 0.1) is 27.8 Å². The molecular formula is C46H30N2. The van der Waals surface area contributed by atoms with Crippen LogP contribution >= 0.6 is 0 Å². The molecule has 2 heterocycles. The maximum atomic E-state index is 2.45. The highest BCUT2D eigenvalue weighted by atomic mass is 15.0. The third-order valence-corrected chi connectivity index (χ3v) is 9.92. The quantitative estimate of drug-likeness (QED) is 0.188. The Morgan fingerprint density at radius 3 is 1.71 bits per heavy atom. The summed E-state index contributed by atoms with van der Waals surface area (Å²) in [4.78, 5) is 0. The molecule has 0 aliphatic carbocycles. The van der Waals surface area contributed by atoms with Crippen molar-refractivity contribution in [1.29, 1.82) is 0 Å². The summed E-state index contributed by atoms with van der Waals surface area (Å²) in [7, 11) is 0. The van der Waals surface area contributed by atoms with E-state index in [9.17, 15) is 0 Å². The largest absolute Gasteiger partial charge is 0.309 e. The van der Waals surface area contributed by atoms with Crippen LogP contribution in [0, 0.1) is 0 Å². The number of para-hydroxylation sites is 4. The molecule has 0 unspecified atom stereocenters. The summed E-state index contributed by atoms with van der Waals surface area (Å²) in [5.41, 5.74) is 12.1. The van der Waals surface area contributed by atoms with Crippen LogP contribution in [0.3, 0.4) is 0 Å². The Morgan fingerprint density at radius 1 is 0.292 bits per heavy atom. The molecule has 8 aromatic carbocycles. The van der Waals surface area contributed by atoms with Crippen molar-refractivity contribution < 1.29 is 0 Å². The van der Waals surface area contributed by atoms with Crippen LogP contribution < -0.4 is 0 Å². The lowest BCUT2D eigenvalue weighted by atomic mass is 9.97. The molecule has 48 heavy (non-hydrogen) atoms. The predicted molar refractivity (Wildman–Crippen MR) is 203 cm³/mol. The van der Waals surface area contributed by atoms with Crippen LogP contribution in [0.15, 0.2) is 182 Å². The van der Waals surface area contributed by atoms with Crippen LogP contribution in [-0.2, 0) is 0 Å². The highest BCUT2D eigenvalue weighted by molar-refractivity contribution is 6.13. The van der Waals surface area contributed by atoms with Crippen molar-refractivity contribution in [3.8, 4) is 33.6 Å². The fourth-order valence-corrected chi connectivity index (χ4v) is 7.77. The highest BCUT2D eigenvalue weighted by Crippen LogP contribution is 2.40. The Morgan fingerprint density at radius 2 is 0.854 bits per heavy atom. The van der Waals surface area contributed by atoms with Crippen molar-refractivity contribution in [2.75, 3.05) is 0 Å². The van der Waals surface area contributed by atoms with E-state index >= 15 is 0 Å². The third kappa shape index (κ3) is 4.00. The Hall–Kier alpha value is -6.38. The van der Waals surface area contributed by atoms with Gasteiger partial charge in [-0.3, -0.25) is 0 Å². The van der Waals surface area contributed by atoms with Gasteiger partial charge in [0.2, 0.25) is 0 Å². The Labute approximate surface area is 278 Å². The van der Waals surface area contributed by atoms with Crippen LogP contribution in [0.25, 0.3) is 88.0 Å². The molecule has 2 heteroatoms. The lowest BCUT2D eigenvalue weighted by Gasteiger charge is -2.15. The summed E-state index contributed by atoms with van der Waals surface area (Å²) >= 11 is 0. The summed E-state index contributed by atoms with van der Waals surface area (Å²) in [6.07, 6.45) is 0. The molecule has 0 aliphatic rings. The van der Waals surface area contributed by atoms with Crippen molar-refractivity contribution in [2.24, 2.45) is 0 Å². The van der Waals surface area contributed by atoms with E-state index in [4.69, 9.17) is 0 Å². The van der Waals surface area contributed by atoms with Gasteiger partial charge in [0, 0.05) is 32.8 Å². The molecular weight excluding hydrogens is 581 g/mol. The molecule has 0 fully saturated rings. The summed E-state index contributed by atoms with van der Waals surface area (Å²) in [5, 5.41) is 7.55. The SMILES string of the molecule is c1ccc(-n2c3ccccc3c3ccc(-c4ccc5c(c4)c4ccccc4n5-c4ccccc4-c4cccc5ccccc45)cc32)cc1. The van der Waals surface area contributed by atoms with E-state index in [-0.39, 0.29) is 0 Å². The van der Waals surface area contributed by atoms with E-state index in [1.54, 1.807) is 0 Å². The van der Waals surface area contributed by atoms with E-state index in [1.807, 2.05) is 0 Å². The molecule has 0 bridgehead atoms. The topological polar surface area (TPSA) is 9.86 Å². The molecule has 0 atom stereocenters. The first-order valence-corrected chi connectivity index (χ1v) is 16.5. The Bertz CT molecular complexity index is 2830. The second kappa shape index (κ2) is 10.6. The normalized spacial score (nSPS) is 11.8. The predicted octanol–water partition coefficient (Wildman–Crippen LogP) is 12.4. The minimum absolute atomic E-state index is 1.17. The van der Waals surface area contributed by atoms with Gasteiger partial charge in [-0.15, -0.1) is 0 Å². The minimum atomic E-state index is 1.17. The summed E-state index contributed by atoms with van der Waals surface area (Å²) in [5.74, 6) is 0. The monoisotopic (exact) mass is 610 g/mol. The summed E-state index contributed by atoms with van der Waals surface area (Å²) < 4.78 is 4.84. The number of fused-ring (bicyclic) bond motifs is 7. The van der Waals surface area contributed by atoms with Gasteiger partial charge in [0.25, 0.3) is 0 Å². The molecule has 0 saturated carbocycles. The number of benzene rings is 8. The molecule has 10 aromatic rings. The Kier molecular flexibility index (Phi) is 5.91. The van der Waals surface area contributed by atoms with Gasteiger partial charge in [-0.1, -0.05) is 133 Å². The molecule has 0 radical (unpaired) electrons. The third-order valence-electron chi connectivity index (χ3n) is 9.92. The van der Waals surface area contributed by atoms with Crippen molar-refractivity contribution in [1.82, 2.24) is 9.13 Å². The molecule has 0 saturated heterocycles.